The largest absolute Gasteiger partial charge is 0.397 e. The quantitative estimate of drug-likeness (QED) is 0.147. The summed E-state index contributed by atoms with van der Waals surface area (Å²) >= 11 is 0. The molecule has 0 spiro atoms. The zero-order valence-corrected chi connectivity index (χ0v) is 28.1. The highest BCUT2D eigenvalue weighted by Crippen LogP contribution is 2.39. The van der Waals surface area contributed by atoms with Gasteiger partial charge < -0.3 is 11.1 Å². The first-order valence-corrected chi connectivity index (χ1v) is 16.1. The lowest BCUT2D eigenvalue weighted by Gasteiger charge is -2.14. The fourth-order valence-corrected chi connectivity index (χ4v) is 5.72. The van der Waals surface area contributed by atoms with E-state index in [2.05, 4.69) is 122 Å². The molecule has 6 rings (SSSR count). The van der Waals surface area contributed by atoms with Crippen molar-refractivity contribution in [3.8, 4) is 11.1 Å². The number of nitrogens with two attached hydrogens (primary N) is 1. The monoisotopic (exact) mass is 602 g/mol. The molecule has 0 heterocycles. The molecular formula is C44H46N2. The average molecular weight is 603 g/mol. The standard InChI is InChI=1S/C29H20.C13H20N2.C2H6/c1-19-10-15-25-22(16-19)13-14-24-18-28(26-8-4-5-9-27(26)29(24)25)23-12-11-20-6-2-3-7-21(20)17-23;1-5-9-11(10-6-2)15-13(8-4)12(14)7-3;1-2/h2-18H,1H3;5-10,15H,1,14H2,2-4H3;1-2H3/b;10-6-,11-9+,12-7+,13-8+;. The zero-order chi connectivity index (χ0) is 33.1. The lowest BCUT2D eigenvalue weighted by molar-refractivity contribution is 0.993. The van der Waals surface area contributed by atoms with Gasteiger partial charge in [-0.05, 0) is 106 Å². The smallest absolute Gasteiger partial charge is 0.0571 e. The molecule has 0 unspecified atom stereocenters. The molecule has 6 aromatic carbocycles. The van der Waals surface area contributed by atoms with Crippen LogP contribution in [-0.2, 0) is 0 Å². The molecular weight excluding hydrogens is 556 g/mol. The second-order valence-corrected chi connectivity index (χ2v) is 10.8. The highest BCUT2D eigenvalue weighted by Gasteiger charge is 2.11. The summed E-state index contributed by atoms with van der Waals surface area (Å²) in [5, 5.41) is 13.7. The maximum absolute atomic E-state index is 5.82. The van der Waals surface area contributed by atoms with Gasteiger partial charge in [-0.15, -0.1) is 0 Å². The van der Waals surface area contributed by atoms with Gasteiger partial charge in [0, 0.05) is 5.70 Å². The maximum Gasteiger partial charge on any atom is 0.0571 e. The van der Waals surface area contributed by atoms with E-state index in [0.29, 0.717) is 0 Å². The molecule has 232 valence electrons. The fraction of sp³-hybridized carbons (Fsp3) is 0.136. The Kier molecular flexibility index (Phi) is 11.7. The van der Waals surface area contributed by atoms with E-state index in [9.17, 15) is 0 Å². The maximum atomic E-state index is 5.82. The predicted octanol–water partition coefficient (Wildman–Crippen LogP) is 12.3. The van der Waals surface area contributed by atoms with Gasteiger partial charge in [0.05, 0.1) is 11.4 Å². The molecule has 2 heteroatoms. The summed E-state index contributed by atoms with van der Waals surface area (Å²) in [6.45, 7) is 15.6. The van der Waals surface area contributed by atoms with Crippen molar-refractivity contribution in [1.82, 2.24) is 5.32 Å². The first-order valence-electron chi connectivity index (χ1n) is 16.1. The second kappa shape index (κ2) is 16.1. The van der Waals surface area contributed by atoms with Gasteiger partial charge in [0.2, 0.25) is 0 Å². The Morgan fingerprint density at radius 2 is 1.35 bits per heavy atom. The first-order chi connectivity index (χ1) is 22.5. The molecule has 0 aliphatic rings. The summed E-state index contributed by atoms with van der Waals surface area (Å²) in [5.41, 5.74) is 12.3. The van der Waals surface area contributed by atoms with E-state index < -0.39 is 0 Å². The Morgan fingerprint density at radius 3 is 2.04 bits per heavy atom. The summed E-state index contributed by atoms with van der Waals surface area (Å²) in [5.74, 6) is 0. The molecule has 0 atom stereocenters. The number of aryl methyl sites for hydroxylation is 1. The molecule has 0 bridgehead atoms. The van der Waals surface area contributed by atoms with Crippen LogP contribution in [0.25, 0.3) is 54.2 Å². The zero-order valence-electron chi connectivity index (χ0n) is 28.1. The van der Waals surface area contributed by atoms with Crippen LogP contribution < -0.4 is 11.1 Å². The van der Waals surface area contributed by atoms with Gasteiger partial charge in [-0.2, -0.15) is 0 Å². The molecule has 0 amide bonds. The number of fused-ring (bicyclic) bond motifs is 6. The van der Waals surface area contributed by atoms with Crippen molar-refractivity contribution in [1.29, 1.82) is 0 Å². The summed E-state index contributed by atoms with van der Waals surface area (Å²) in [6, 6.07) is 37.8. The van der Waals surface area contributed by atoms with E-state index in [0.717, 1.165) is 17.1 Å². The van der Waals surface area contributed by atoms with Gasteiger partial charge in [0.25, 0.3) is 0 Å². The minimum Gasteiger partial charge on any atom is -0.397 e. The van der Waals surface area contributed by atoms with Gasteiger partial charge in [0.15, 0.2) is 0 Å². The summed E-state index contributed by atoms with van der Waals surface area (Å²) in [7, 11) is 0. The van der Waals surface area contributed by atoms with Gasteiger partial charge in [-0.3, -0.25) is 0 Å². The number of hydrogen-bond acceptors (Lipinski definition) is 2. The van der Waals surface area contributed by atoms with E-state index in [1.54, 1.807) is 6.08 Å². The Morgan fingerprint density at radius 1 is 0.674 bits per heavy atom. The topological polar surface area (TPSA) is 38.0 Å². The van der Waals surface area contributed by atoms with Crippen molar-refractivity contribution in [2.45, 2.75) is 41.5 Å². The molecule has 0 aliphatic carbocycles. The second-order valence-electron chi connectivity index (χ2n) is 10.8. The SMILES string of the molecule is C=C/C=C(\C=C/C)NC(=C/C)/C(N)=C\C.CC.Cc1ccc2c(ccc3cc(-c4ccc5ccccc5c4)c4ccccc4c32)c1. The molecule has 0 fully saturated rings. The Hall–Kier alpha value is -5.34. The van der Waals surface area contributed by atoms with Gasteiger partial charge in [-0.1, -0.05) is 141 Å². The molecule has 3 N–H and O–H groups in total. The van der Waals surface area contributed by atoms with Crippen LogP contribution >= 0.6 is 0 Å². The van der Waals surface area contributed by atoms with Crippen LogP contribution in [0.1, 0.15) is 40.2 Å². The van der Waals surface area contributed by atoms with Gasteiger partial charge >= 0.3 is 0 Å². The van der Waals surface area contributed by atoms with Gasteiger partial charge in [0.1, 0.15) is 0 Å². The summed E-state index contributed by atoms with van der Waals surface area (Å²) in [6.07, 6.45) is 11.4. The average Bonchev–Trinajstić information content (AvgIpc) is 3.10. The van der Waals surface area contributed by atoms with Crippen molar-refractivity contribution >= 4 is 43.1 Å². The molecule has 0 aromatic heterocycles. The molecule has 0 radical (unpaired) electrons. The number of nitrogens with one attached hydrogen (secondary N) is 1. The molecule has 6 aromatic rings. The van der Waals surface area contributed by atoms with Crippen LogP contribution in [0.2, 0.25) is 0 Å². The summed E-state index contributed by atoms with van der Waals surface area (Å²) < 4.78 is 0. The van der Waals surface area contributed by atoms with Crippen LogP contribution in [0.4, 0.5) is 0 Å². The van der Waals surface area contributed by atoms with Crippen LogP contribution in [0.3, 0.4) is 0 Å². The lowest BCUT2D eigenvalue weighted by atomic mass is 9.90. The highest BCUT2D eigenvalue weighted by atomic mass is 14.9. The van der Waals surface area contributed by atoms with E-state index >= 15 is 0 Å². The van der Waals surface area contributed by atoms with Crippen molar-refractivity contribution in [2.75, 3.05) is 0 Å². The lowest BCUT2D eigenvalue weighted by Crippen LogP contribution is -2.17. The third kappa shape index (κ3) is 7.47. The van der Waals surface area contributed by atoms with E-state index in [-0.39, 0.29) is 0 Å². The highest BCUT2D eigenvalue weighted by molar-refractivity contribution is 6.23. The minimum atomic E-state index is 0.733. The van der Waals surface area contributed by atoms with E-state index in [1.165, 1.54) is 59.8 Å². The van der Waals surface area contributed by atoms with Crippen molar-refractivity contribution in [2.24, 2.45) is 5.73 Å². The molecule has 0 aliphatic heterocycles. The van der Waals surface area contributed by atoms with Gasteiger partial charge in [-0.25, -0.2) is 0 Å². The van der Waals surface area contributed by atoms with Crippen LogP contribution in [0.5, 0.6) is 0 Å². The number of hydrogen-bond donors (Lipinski definition) is 2. The number of allylic oxidation sites excluding steroid dienone is 6. The van der Waals surface area contributed by atoms with E-state index in [4.69, 9.17) is 5.73 Å². The fourth-order valence-electron chi connectivity index (χ4n) is 5.72. The third-order valence-electron chi connectivity index (χ3n) is 7.89. The van der Waals surface area contributed by atoms with Crippen molar-refractivity contribution in [3.63, 3.8) is 0 Å². The minimum absolute atomic E-state index is 0.733. The van der Waals surface area contributed by atoms with Crippen molar-refractivity contribution < 1.29 is 0 Å². The molecule has 0 saturated heterocycles. The first kappa shape index (κ1) is 33.6. The molecule has 2 nitrogen and oxygen atoms in total. The Bertz CT molecular complexity index is 2100. The number of benzene rings is 6. The summed E-state index contributed by atoms with van der Waals surface area (Å²) in [4.78, 5) is 0. The van der Waals surface area contributed by atoms with Crippen LogP contribution in [0, 0.1) is 6.92 Å². The predicted molar refractivity (Wildman–Crippen MR) is 206 cm³/mol. The molecule has 0 saturated carbocycles. The normalized spacial score (nSPS) is 12.2. The Balaban J connectivity index is 0.000000242. The molecule has 46 heavy (non-hydrogen) atoms. The van der Waals surface area contributed by atoms with Crippen molar-refractivity contribution in [3.05, 3.63) is 169 Å². The van der Waals surface area contributed by atoms with E-state index in [1.807, 2.05) is 65.0 Å². The van der Waals surface area contributed by atoms with Crippen LogP contribution in [-0.4, -0.2) is 0 Å². The van der Waals surface area contributed by atoms with Crippen LogP contribution in [0.15, 0.2) is 163 Å². The Labute approximate surface area is 275 Å². The third-order valence-corrected chi connectivity index (χ3v) is 7.89. The number of rotatable bonds is 6.